The number of carbonyl (C=O) groups excluding carboxylic acids is 1. The Kier molecular flexibility index (Phi) is 9.00. The monoisotopic (exact) mass is 616 g/mol. The van der Waals surface area contributed by atoms with Gasteiger partial charge in [-0.2, -0.15) is 15.4 Å². The summed E-state index contributed by atoms with van der Waals surface area (Å²) >= 11 is 0. The van der Waals surface area contributed by atoms with Crippen LogP contribution in [-0.2, 0) is 23.4 Å². The molecule has 2 fully saturated rings. The Morgan fingerprint density at radius 2 is 2.02 bits per heavy atom. The Hall–Kier alpha value is -3.61. The fourth-order valence-corrected chi connectivity index (χ4v) is 6.65. The molecule has 3 aromatic rings. The number of carbonyl (C=O) groups is 1. The van der Waals surface area contributed by atoms with Crippen molar-refractivity contribution >= 4 is 25.1 Å². The summed E-state index contributed by atoms with van der Waals surface area (Å²) in [5.74, 6) is -0.307. The van der Waals surface area contributed by atoms with Gasteiger partial charge in [0.25, 0.3) is 0 Å². The predicted molar refractivity (Wildman–Crippen MR) is 151 cm³/mol. The highest BCUT2D eigenvalue weighted by atomic mass is 31.2. The van der Waals surface area contributed by atoms with E-state index in [4.69, 9.17) is 24.3 Å². The van der Waals surface area contributed by atoms with E-state index in [1.165, 1.54) is 34.8 Å². The van der Waals surface area contributed by atoms with Crippen LogP contribution in [0.2, 0.25) is 0 Å². The number of hydrogen-bond donors (Lipinski definition) is 5. The molecule has 0 spiro atoms. The van der Waals surface area contributed by atoms with Gasteiger partial charge in [-0.1, -0.05) is 18.2 Å². The van der Waals surface area contributed by atoms with E-state index < -0.39 is 50.3 Å². The number of likely N-dealkylation sites (tertiary alicyclic amines) is 1. The van der Waals surface area contributed by atoms with E-state index in [2.05, 4.69) is 22.2 Å². The highest BCUT2D eigenvalue weighted by Crippen LogP contribution is 2.48. The number of fused-ring (bicyclic) bond motifs is 1. The van der Waals surface area contributed by atoms with Crippen LogP contribution in [0.4, 0.5) is 5.82 Å². The fraction of sp³-hybridized carbons (Fsp3) is 0.481. The summed E-state index contributed by atoms with van der Waals surface area (Å²) in [4.78, 5) is 18.2. The van der Waals surface area contributed by atoms with Gasteiger partial charge in [-0.15, -0.1) is 0 Å². The lowest BCUT2D eigenvalue weighted by molar-refractivity contribution is -0.885. The topological polar surface area (TPSA) is 208 Å². The minimum absolute atomic E-state index is 0.158. The first-order valence-corrected chi connectivity index (χ1v) is 15.4. The number of nitrogen functional groups attached to an aromatic ring is 1. The number of aliphatic hydroxyl groups excluding tert-OH is 2. The highest BCUT2D eigenvalue weighted by molar-refractivity contribution is 7.52. The molecule has 1 unspecified atom stereocenters. The van der Waals surface area contributed by atoms with Gasteiger partial charge in [-0.05, 0) is 31.2 Å². The molecule has 0 aliphatic carbocycles. The van der Waals surface area contributed by atoms with E-state index in [0.29, 0.717) is 24.1 Å². The first-order valence-electron chi connectivity index (χ1n) is 13.9. The van der Waals surface area contributed by atoms with Gasteiger partial charge in [0.2, 0.25) is 5.60 Å². The number of nitrogens with two attached hydrogens (primary N) is 1. The molecule has 2 aliphatic rings. The molecule has 0 saturated carbocycles. The molecule has 6 atom stereocenters. The first kappa shape index (κ1) is 30.8. The third-order valence-corrected chi connectivity index (χ3v) is 9.26. The molecule has 2 aromatic heterocycles. The van der Waals surface area contributed by atoms with Gasteiger partial charge in [0.1, 0.15) is 60.7 Å². The number of nitrogens with one attached hydrogen (secondary N) is 2. The van der Waals surface area contributed by atoms with Crippen LogP contribution in [0, 0.1) is 11.3 Å². The van der Waals surface area contributed by atoms with E-state index in [0.717, 1.165) is 13.1 Å². The van der Waals surface area contributed by atoms with Crippen molar-refractivity contribution in [1.82, 2.24) is 19.7 Å². The second-order valence-electron chi connectivity index (χ2n) is 10.8. The number of aliphatic hydroxyl groups is 2. The number of benzene rings is 1. The van der Waals surface area contributed by atoms with Crippen LogP contribution >= 0.6 is 7.75 Å². The molecular formula is C27H35N7O8P+. The number of quaternary nitrogens is 1. The van der Waals surface area contributed by atoms with Gasteiger partial charge in [0.15, 0.2) is 5.82 Å². The SMILES string of the molecule is C[C@H](NP(=O)(OC[C@@]1(C#N)O[C@@H](c2ccc3c(N)ncnn23)[C@H](O)[C@@H]1O)Oc1ccccc1)C(=O)OC1CC[NH+](C)CC1. The first-order chi connectivity index (χ1) is 20.5. The predicted octanol–water partition coefficient (Wildman–Crippen LogP) is -0.231. The van der Waals surface area contributed by atoms with Crippen molar-refractivity contribution in [2.24, 2.45) is 0 Å². The molecule has 230 valence electrons. The normalized spacial score (nSPS) is 29.4. The second kappa shape index (κ2) is 12.6. The molecule has 0 bridgehead atoms. The summed E-state index contributed by atoms with van der Waals surface area (Å²) in [5, 5.41) is 38.8. The third-order valence-electron chi connectivity index (χ3n) is 7.63. The van der Waals surface area contributed by atoms with Crippen molar-refractivity contribution in [3.8, 4) is 11.8 Å². The number of hydrogen-bond acceptors (Lipinski definition) is 12. The largest absolute Gasteiger partial charge is 0.461 e. The molecule has 0 amide bonds. The number of aromatic nitrogens is 3. The van der Waals surface area contributed by atoms with Crippen molar-refractivity contribution in [2.75, 3.05) is 32.5 Å². The summed E-state index contributed by atoms with van der Waals surface area (Å²) in [6, 6.07) is 12.0. The quantitative estimate of drug-likeness (QED) is 0.148. The van der Waals surface area contributed by atoms with E-state index in [9.17, 15) is 24.8 Å². The van der Waals surface area contributed by atoms with E-state index in [-0.39, 0.29) is 17.7 Å². The zero-order valence-electron chi connectivity index (χ0n) is 23.7. The summed E-state index contributed by atoms with van der Waals surface area (Å²) in [7, 11) is -2.34. The lowest BCUT2D eigenvalue weighted by atomic mass is 9.96. The van der Waals surface area contributed by atoms with E-state index in [1.54, 1.807) is 30.3 Å². The van der Waals surface area contributed by atoms with Crippen molar-refractivity contribution in [2.45, 2.75) is 55.8 Å². The second-order valence-corrected chi connectivity index (χ2v) is 12.5. The number of anilines is 1. The van der Waals surface area contributed by atoms with Crippen LogP contribution in [0.15, 0.2) is 48.8 Å². The molecule has 1 aromatic carbocycles. The van der Waals surface area contributed by atoms with Crippen LogP contribution in [0.25, 0.3) is 5.52 Å². The Labute approximate surface area is 247 Å². The molecule has 0 radical (unpaired) electrons. The summed E-state index contributed by atoms with van der Waals surface area (Å²) in [6.45, 7) is 2.39. The number of rotatable bonds is 10. The molecule has 15 nitrogen and oxygen atoms in total. The maximum Gasteiger partial charge on any atom is 0.459 e. The average Bonchev–Trinajstić information content (AvgIpc) is 3.53. The highest BCUT2D eigenvalue weighted by Gasteiger charge is 2.57. The maximum atomic E-state index is 14.0. The smallest absolute Gasteiger partial charge is 0.459 e. The average molecular weight is 617 g/mol. The van der Waals surface area contributed by atoms with Crippen LogP contribution in [-0.4, -0.2) is 87.5 Å². The van der Waals surface area contributed by atoms with Crippen molar-refractivity contribution in [1.29, 1.82) is 5.26 Å². The molecule has 6 N–H and O–H groups in total. The van der Waals surface area contributed by atoms with Gasteiger partial charge in [-0.3, -0.25) is 9.32 Å². The molecule has 16 heteroatoms. The number of nitriles is 1. The van der Waals surface area contributed by atoms with E-state index in [1.807, 2.05) is 6.07 Å². The zero-order chi connectivity index (χ0) is 30.8. The Morgan fingerprint density at radius 1 is 1.30 bits per heavy atom. The minimum atomic E-state index is -4.42. The van der Waals surface area contributed by atoms with Crippen LogP contribution < -0.4 is 20.2 Å². The standard InChI is InChI=1S/C27H34N7O8P/c1-17(26(37)40-18-10-12-33(2)13-11-18)32-43(38,42-19-6-4-3-5-7-19)39-15-27(14-28)24(36)22(35)23(41-27)20-8-9-21-25(29)30-16-31-34(20)21/h3-9,16-18,22-24,35-36H,10-13,15H2,1-2H3,(H,32,38)(H2,29,30,31)/p+1/t17-,22-,23-,24-,27+,43?/m0/s1. The molecule has 43 heavy (non-hydrogen) atoms. The molecule has 2 aliphatic heterocycles. The van der Waals surface area contributed by atoms with Gasteiger partial charge in [0, 0.05) is 12.8 Å². The number of piperidine rings is 1. The maximum absolute atomic E-state index is 14.0. The van der Waals surface area contributed by atoms with Crippen LogP contribution in [0.3, 0.4) is 0 Å². The van der Waals surface area contributed by atoms with Gasteiger partial charge in [-0.25, -0.2) is 14.1 Å². The lowest BCUT2D eigenvalue weighted by Gasteiger charge is -2.29. The van der Waals surface area contributed by atoms with Crippen molar-refractivity contribution in [3.63, 3.8) is 0 Å². The fourth-order valence-electron chi connectivity index (χ4n) is 5.12. The molecule has 5 rings (SSSR count). The lowest BCUT2D eigenvalue weighted by Crippen LogP contribution is -3.10. The van der Waals surface area contributed by atoms with Crippen molar-refractivity contribution < 1.29 is 43.0 Å². The molecule has 2 saturated heterocycles. The van der Waals surface area contributed by atoms with Gasteiger partial charge >= 0.3 is 13.7 Å². The van der Waals surface area contributed by atoms with Crippen LogP contribution in [0.5, 0.6) is 5.75 Å². The zero-order valence-corrected chi connectivity index (χ0v) is 24.6. The van der Waals surface area contributed by atoms with Gasteiger partial charge < -0.3 is 34.8 Å². The van der Waals surface area contributed by atoms with Crippen LogP contribution in [0.1, 0.15) is 31.6 Å². The van der Waals surface area contributed by atoms with E-state index >= 15 is 0 Å². The Morgan fingerprint density at radius 3 is 2.72 bits per heavy atom. The Balaban J connectivity index is 1.34. The summed E-state index contributed by atoms with van der Waals surface area (Å²) < 4.78 is 38.3. The minimum Gasteiger partial charge on any atom is -0.461 e. The number of esters is 1. The number of ether oxygens (including phenoxy) is 2. The Bertz CT molecular complexity index is 1530. The third kappa shape index (κ3) is 6.51. The van der Waals surface area contributed by atoms with Crippen molar-refractivity contribution in [3.05, 3.63) is 54.5 Å². The summed E-state index contributed by atoms with van der Waals surface area (Å²) in [5.41, 5.74) is 4.45. The molecular weight excluding hydrogens is 581 g/mol. The number of para-hydroxylation sites is 1. The number of nitrogens with zero attached hydrogens (tertiary/aromatic N) is 4. The molecule has 4 heterocycles. The summed E-state index contributed by atoms with van der Waals surface area (Å²) in [6.07, 6.45) is -2.24. The van der Waals surface area contributed by atoms with Gasteiger partial charge in [0.05, 0.1) is 25.8 Å².